The van der Waals surface area contributed by atoms with E-state index in [4.69, 9.17) is 22.1 Å². The van der Waals surface area contributed by atoms with E-state index in [-0.39, 0.29) is 6.10 Å². The third kappa shape index (κ3) is 2.34. The molecule has 1 atom stereocenters. The van der Waals surface area contributed by atoms with Gasteiger partial charge >= 0.3 is 0 Å². The van der Waals surface area contributed by atoms with Crippen molar-refractivity contribution < 1.29 is 4.74 Å². The summed E-state index contributed by atoms with van der Waals surface area (Å²) >= 11 is 6.22. The van der Waals surface area contributed by atoms with Crippen molar-refractivity contribution in [3.8, 4) is 16.9 Å². The summed E-state index contributed by atoms with van der Waals surface area (Å²) in [4.78, 5) is 0. The van der Waals surface area contributed by atoms with Crippen LogP contribution in [-0.2, 0) is 6.42 Å². The second-order valence-corrected chi connectivity index (χ2v) is 5.43. The van der Waals surface area contributed by atoms with Crippen molar-refractivity contribution in [2.75, 3.05) is 6.54 Å². The molecule has 0 amide bonds. The number of hydrogen-bond acceptors (Lipinski definition) is 2. The van der Waals surface area contributed by atoms with Gasteiger partial charge in [0.05, 0.1) is 0 Å². The fourth-order valence-corrected chi connectivity index (χ4v) is 2.79. The van der Waals surface area contributed by atoms with E-state index in [0.29, 0.717) is 6.54 Å². The van der Waals surface area contributed by atoms with Gasteiger partial charge in [0.1, 0.15) is 11.9 Å². The van der Waals surface area contributed by atoms with Crippen LogP contribution in [0.15, 0.2) is 36.4 Å². The van der Waals surface area contributed by atoms with E-state index >= 15 is 0 Å². The van der Waals surface area contributed by atoms with Crippen LogP contribution in [-0.4, -0.2) is 12.6 Å². The van der Waals surface area contributed by atoms with Gasteiger partial charge in [0.2, 0.25) is 0 Å². The summed E-state index contributed by atoms with van der Waals surface area (Å²) in [6.45, 7) is 2.61. The maximum absolute atomic E-state index is 6.22. The number of rotatable bonds is 2. The number of aryl methyl sites for hydroxylation is 1. The summed E-state index contributed by atoms with van der Waals surface area (Å²) in [5, 5.41) is 0.747. The van der Waals surface area contributed by atoms with E-state index in [9.17, 15) is 0 Å². The van der Waals surface area contributed by atoms with Gasteiger partial charge < -0.3 is 10.5 Å². The summed E-state index contributed by atoms with van der Waals surface area (Å²) in [5.74, 6) is 0.936. The highest BCUT2D eigenvalue weighted by Gasteiger charge is 2.25. The lowest BCUT2D eigenvalue weighted by Gasteiger charge is -2.12. The largest absolute Gasteiger partial charge is 0.488 e. The molecule has 2 aromatic rings. The lowest BCUT2D eigenvalue weighted by Crippen LogP contribution is -2.24. The normalized spacial score (nSPS) is 17.1. The topological polar surface area (TPSA) is 35.2 Å². The molecular formula is C16H16ClNO. The second-order valence-electron chi connectivity index (χ2n) is 4.99. The zero-order valence-corrected chi connectivity index (χ0v) is 11.6. The molecule has 0 spiro atoms. The van der Waals surface area contributed by atoms with E-state index in [1.54, 1.807) is 0 Å². The molecule has 19 heavy (non-hydrogen) atoms. The van der Waals surface area contributed by atoms with E-state index in [0.717, 1.165) is 33.9 Å². The summed E-state index contributed by atoms with van der Waals surface area (Å²) < 4.78 is 5.95. The zero-order chi connectivity index (χ0) is 13.4. The van der Waals surface area contributed by atoms with Gasteiger partial charge in [-0.05, 0) is 30.2 Å². The van der Waals surface area contributed by atoms with Gasteiger partial charge in [-0.15, -0.1) is 0 Å². The van der Waals surface area contributed by atoms with E-state index in [1.165, 1.54) is 5.56 Å². The Bertz CT molecular complexity index is 624. The number of benzene rings is 2. The van der Waals surface area contributed by atoms with Crippen LogP contribution in [0.1, 0.15) is 11.1 Å². The molecular weight excluding hydrogens is 258 g/mol. The number of fused-ring (bicyclic) bond motifs is 1. The molecule has 0 bridgehead atoms. The first-order chi connectivity index (χ1) is 9.17. The Morgan fingerprint density at radius 1 is 1.32 bits per heavy atom. The lowest BCUT2D eigenvalue weighted by molar-refractivity contribution is 0.242. The Labute approximate surface area is 118 Å². The first kappa shape index (κ1) is 12.5. The van der Waals surface area contributed by atoms with Gasteiger partial charge in [-0.3, -0.25) is 0 Å². The highest BCUT2D eigenvalue weighted by Crippen LogP contribution is 2.41. The Morgan fingerprint density at radius 2 is 2.16 bits per heavy atom. The Morgan fingerprint density at radius 3 is 2.89 bits per heavy atom. The van der Waals surface area contributed by atoms with Crippen LogP contribution < -0.4 is 10.5 Å². The molecule has 3 heteroatoms. The van der Waals surface area contributed by atoms with Crippen LogP contribution in [0.3, 0.4) is 0 Å². The molecule has 0 fully saturated rings. The van der Waals surface area contributed by atoms with Crippen molar-refractivity contribution >= 4 is 11.6 Å². The van der Waals surface area contributed by atoms with Gasteiger partial charge in [0.25, 0.3) is 0 Å². The number of halogens is 1. The molecule has 2 nitrogen and oxygen atoms in total. The molecule has 1 aliphatic heterocycles. The molecule has 3 rings (SSSR count). The molecule has 0 saturated carbocycles. The molecule has 0 aromatic heterocycles. The Hall–Kier alpha value is -1.51. The van der Waals surface area contributed by atoms with Gasteiger partial charge in [0.15, 0.2) is 0 Å². The SMILES string of the molecule is Cc1cccc(-c2cc(Cl)cc3c2OC(CN)C3)c1. The van der Waals surface area contributed by atoms with Crippen molar-refractivity contribution in [3.05, 3.63) is 52.5 Å². The predicted molar refractivity (Wildman–Crippen MR) is 78.8 cm³/mol. The number of hydrogen-bond donors (Lipinski definition) is 1. The first-order valence-electron chi connectivity index (χ1n) is 6.43. The molecule has 0 radical (unpaired) electrons. The van der Waals surface area contributed by atoms with Crippen molar-refractivity contribution in [1.82, 2.24) is 0 Å². The highest BCUT2D eigenvalue weighted by atomic mass is 35.5. The molecule has 0 aliphatic carbocycles. The van der Waals surface area contributed by atoms with E-state index in [2.05, 4.69) is 25.1 Å². The molecule has 2 aromatic carbocycles. The fraction of sp³-hybridized carbons (Fsp3) is 0.250. The summed E-state index contributed by atoms with van der Waals surface area (Å²) in [6.07, 6.45) is 0.905. The van der Waals surface area contributed by atoms with Crippen LogP contribution in [0.5, 0.6) is 5.75 Å². The minimum absolute atomic E-state index is 0.0667. The molecule has 1 heterocycles. The van der Waals surface area contributed by atoms with E-state index in [1.807, 2.05) is 18.2 Å². The monoisotopic (exact) mass is 273 g/mol. The van der Waals surface area contributed by atoms with Crippen LogP contribution >= 0.6 is 11.6 Å². The second kappa shape index (κ2) is 4.87. The average Bonchev–Trinajstić information content (AvgIpc) is 2.80. The third-order valence-electron chi connectivity index (χ3n) is 3.45. The van der Waals surface area contributed by atoms with Gasteiger partial charge in [-0.25, -0.2) is 0 Å². The Kier molecular flexibility index (Phi) is 3.21. The van der Waals surface area contributed by atoms with Crippen LogP contribution in [0.25, 0.3) is 11.1 Å². The van der Waals surface area contributed by atoms with Gasteiger partial charge in [-0.2, -0.15) is 0 Å². The lowest BCUT2D eigenvalue weighted by atomic mass is 9.99. The molecule has 2 N–H and O–H groups in total. The van der Waals surface area contributed by atoms with Crippen molar-refractivity contribution in [2.24, 2.45) is 5.73 Å². The third-order valence-corrected chi connectivity index (χ3v) is 3.67. The summed E-state index contributed by atoms with van der Waals surface area (Å²) in [5.41, 5.74) is 10.3. The number of ether oxygens (including phenoxy) is 1. The Balaban J connectivity index is 2.13. The first-order valence-corrected chi connectivity index (χ1v) is 6.81. The standard InChI is InChI=1S/C16H16ClNO/c1-10-3-2-4-11(5-10)15-8-13(17)6-12-7-14(9-18)19-16(12)15/h2-6,8,14H,7,9,18H2,1H3. The summed E-state index contributed by atoms with van der Waals surface area (Å²) in [6, 6.07) is 12.3. The quantitative estimate of drug-likeness (QED) is 0.908. The van der Waals surface area contributed by atoms with Gasteiger partial charge in [-0.1, -0.05) is 41.4 Å². The molecule has 0 saturated heterocycles. The smallest absolute Gasteiger partial charge is 0.131 e. The fourth-order valence-electron chi connectivity index (χ4n) is 2.55. The maximum atomic E-state index is 6.22. The van der Waals surface area contributed by atoms with E-state index < -0.39 is 0 Å². The maximum Gasteiger partial charge on any atom is 0.131 e. The molecule has 98 valence electrons. The van der Waals surface area contributed by atoms with Crippen molar-refractivity contribution in [3.63, 3.8) is 0 Å². The minimum Gasteiger partial charge on any atom is -0.488 e. The van der Waals surface area contributed by atoms with Gasteiger partial charge in [0, 0.05) is 23.6 Å². The van der Waals surface area contributed by atoms with Crippen LogP contribution in [0.2, 0.25) is 5.02 Å². The minimum atomic E-state index is 0.0667. The molecule has 1 aliphatic rings. The number of nitrogens with two attached hydrogens (primary N) is 1. The van der Waals surface area contributed by atoms with Crippen molar-refractivity contribution in [2.45, 2.75) is 19.4 Å². The predicted octanol–water partition coefficient (Wildman–Crippen LogP) is 3.58. The average molecular weight is 274 g/mol. The molecule has 1 unspecified atom stereocenters. The summed E-state index contributed by atoms with van der Waals surface area (Å²) in [7, 11) is 0. The van der Waals surface area contributed by atoms with Crippen LogP contribution in [0.4, 0.5) is 0 Å². The van der Waals surface area contributed by atoms with Crippen LogP contribution in [0, 0.1) is 6.92 Å². The zero-order valence-electron chi connectivity index (χ0n) is 10.8. The highest BCUT2D eigenvalue weighted by molar-refractivity contribution is 6.31. The van der Waals surface area contributed by atoms with Crippen molar-refractivity contribution in [1.29, 1.82) is 0 Å².